The molecule has 0 aliphatic carbocycles. The standard InChI is InChI=1S/C23H23F2NO4/c1-28-20-10-7-16(15-21(20)30-23(24)25)13-14-26-22(27)12-9-18-8-11-19(29-18)17-5-3-2-4-6-17/h2-8,10-11,15,23H,9,12-14H2,1H3,(H,26,27). The lowest BCUT2D eigenvalue weighted by Gasteiger charge is -2.12. The number of carbonyl (C=O) groups excluding carboxylic acids is 1. The van der Waals surface area contributed by atoms with Crippen LogP contribution in [0.5, 0.6) is 11.5 Å². The number of benzene rings is 2. The highest BCUT2D eigenvalue weighted by molar-refractivity contribution is 5.76. The SMILES string of the molecule is COc1ccc(CCNC(=O)CCc2ccc(-c3ccccc3)o2)cc1OC(F)F. The molecule has 3 rings (SSSR count). The van der Waals surface area contributed by atoms with E-state index in [4.69, 9.17) is 9.15 Å². The van der Waals surface area contributed by atoms with Gasteiger partial charge in [0.25, 0.3) is 0 Å². The van der Waals surface area contributed by atoms with Crippen LogP contribution in [0.25, 0.3) is 11.3 Å². The molecule has 0 saturated carbocycles. The van der Waals surface area contributed by atoms with Gasteiger partial charge in [-0.25, -0.2) is 0 Å². The average molecular weight is 415 g/mol. The van der Waals surface area contributed by atoms with Crippen LogP contribution in [0.1, 0.15) is 17.7 Å². The van der Waals surface area contributed by atoms with Crippen molar-refractivity contribution in [3.63, 3.8) is 0 Å². The topological polar surface area (TPSA) is 60.7 Å². The number of furan rings is 1. The lowest BCUT2D eigenvalue weighted by atomic mass is 10.1. The van der Waals surface area contributed by atoms with Crippen LogP contribution in [0, 0.1) is 0 Å². The van der Waals surface area contributed by atoms with E-state index >= 15 is 0 Å². The summed E-state index contributed by atoms with van der Waals surface area (Å²) in [6.07, 6.45) is 1.27. The van der Waals surface area contributed by atoms with Gasteiger partial charge in [0.1, 0.15) is 11.5 Å². The second-order valence-corrected chi connectivity index (χ2v) is 6.60. The predicted molar refractivity (Wildman–Crippen MR) is 109 cm³/mol. The third-order valence-electron chi connectivity index (χ3n) is 4.50. The fourth-order valence-electron chi connectivity index (χ4n) is 3.01. The molecule has 1 aromatic heterocycles. The summed E-state index contributed by atoms with van der Waals surface area (Å²) in [5.74, 6) is 1.62. The monoisotopic (exact) mass is 415 g/mol. The van der Waals surface area contributed by atoms with E-state index < -0.39 is 6.61 Å². The average Bonchev–Trinajstić information content (AvgIpc) is 3.22. The second kappa shape index (κ2) is 10.4. The third-order valence-corrected chi connectivity index (χ3v) is 4.50. The molecule has 0 bridgehead atoms. The normalized spacial score (nSPS) is 10.8. The molecule has 0 radical (unpaired) electrons. The van der Waals surface area contributed by atoms with Gasteiger partial charge in [0.15, 0.2) is 11.5 Å². The number of amides is 1. The fourth-order valence-corrected chi connectivity index (χ4v) is 3.01. The first-order chi connectivity index (χ1) is 14.5. The van der Waals surface area contributed by atoms with E-state index in [1.165, 1.54) is 13.2 Å². The zero-order valence-corrected chi connectivity index (χ0v) is 16.6. The summed E-state index contributed by atoms with van der Waals surface area (Å²) in [5.41, 5.74) is 1.74. The maximum Gasteiger partial charge on any atom is 0.387 e. The molecule has 7 heteroatoms. The van der Waals surface area contributed by atoms with Crippen LogP contribution in [0.4, 0.5) is 8.78 Å². The minimum atomic E-state index is -2.93. The van der Waals surface area contributed by atoms with Crippen molar-refractivity contribution >= 4 is 5.91 Å². The summed E-state index contributed by atoms with van der Waals surface area (Å²) >= 11 is 0. The highest BCUT2D eigenvalue weighted by Gasteiger charge is 2.12. The molecule has 0 unspecified atom stereocenters. The van der Waals surface area contributed by atoms with Crippen molar-refractivity contribution in [1.29, 1.82) is 0 Å². The van der Waals surface area contributed by atoms with E-state index in [1.807, 2.05) is 42.5 Å². The maximum absolute atomic E-state index is 12.5. The van der Waals surface area contributed by atoms with E-state index in [9.17, 15) is 13.6 Å². The summed E-state index contributed by atoms with van der Waals surface area (Å²) in [7, 11) is 1.38. The van der Waals surface area contributed by atoms with Gasteiger partial charge < -0.3 is 19.2 Å². The Kier molecular flexibility index (Phi) is 7.43. The van der Waals surface area contributed by atoms with Crippen molar-refractivity contribution in [2.45, 2.75) is 25.9 Å². The molecular formula is C23H23F2NO4. The van der Waals surface area contributed by atoms with E-state index in [0.29, 0.717) is 25.8 Å². The van der Waals surface area contributed by atoms with Gasteiger partial charge in [0.2, 0.25) is 5.91 Å². The van der Waals surface area contributed by atoms with Gasteiger partial charge in [0, 0.05) is 24.9 Å². The first-order valence-corrected chi connectivity index (χ1v) is 9.57. The first kappa shape index (κ1) is 21.4. The van der Waals surface area contributed by atoms with Crippen LogP contribution < -0.4 is 14.8 Å². The molecule has 2 aromatic carbocycles. The molecule has 0 saturated heterocycles. The Morgan fingerprint density at radius 3 is 2.57 bits per heavy atom. The second-order valence-electron chi connectivity index (χ2n) is 6.60. The molecule has 1 N–H and O–H groups in total. The molecule has 3 aromatic rings. The lowest BCUT2D eigenvalue weighted by Crippen LogP contribution is -2.25. The molecule has 30 heavy (non-hydrogen) atoms. The maximum atomic E-state index is 12.5. The van der Waals surface area contributed by atoms with E-state index in [-0.39, 0.29) is 17.4 Å². The fraction of sp³-hybridized carbons (Fsp3) is 0.261. The number of hydrogen-bond donors (Lipinski definition) is 1. The van der Waals surface area contributed by atoms with Gasteiger partial charge in [-0.1, -0.05) is 36.4 Å². The molecule has 5 nitrogen and oxygen atoms in total. The van der Waals surface area contributed by atoms with Crippen LogP contribution in [-0.4, -0.2) is 26.2 Å². The van der Waals surface area contributed by atoms with Crippen molar-refractivity contribution in [3.8, 4) is 22.8 Å². The van der Waals surface area contributed by atoms with Crippen LogP contribution in [0.3, 0.4) is 0 Å². The van der Waals surface area contributed by atoms with Crippen molar-refractivity contribution in [2.75, 3.05) is 13.7 Å². The van der Waals surface area contributed by atoms with Crippen molar-refractivity contribution < 1.29 is 27.5 Å². The Bertz CT molecular complexity index is 957. The Morgan fingerprint density at radius 2 is 1.83 bits per heavy atom. The Morgan fingerprint density at radius 1 is 1.03 bits per heavy atom. The lowest BCUT2D eigenvalue weighted by molar-refractivity contribution is -0.121. The number of nitrogens with one attached hydrogen (secondary N) is 1. The number of hydrogen-bond acceptors (Lipinski definition) is 4. The molecule has 0 atom stereocenters. The van der Waals surface area contributed by atoms with Crippen LogP contribution in [0.15, 0.2) is 65.1 Å². The molecule has 1 heterocycles. The van der Waals surface area contributed by atoms with Gasteiger partial charge >= 0.3 is 6.61 Å². The van der Waals surface area contributed by atoms with Crippen molar-refractivity contribution in [3.05, 3.63) is 72.0 Å². The summed E-state index contributed by atoms with van der Waals surface area (Å²) in [6, 6.07) is 18.3. The minimum absolute atomic E-state index is 0.0247. The van der Waals surface area contributed by atoms with E-state index in [2.05, 4.69) is 10.1 Å². The Hall–Kier alpha value is -3.35. The molecule has 0 fully saturated rings. The molecular weight excluding hydrogens is 392 g/mol. The zero-order chi connectivity index (χ0) is 21.3. The zero-order valence-electron chi connectivity index (χ0n) is 16.6. The summed E-state index contributed by atoms with van der Waals surface area (Å²) in [6.45, 7) is -2.55. The molecule has 0 aliphatic heterocycles. The first-order valence-electron chi connectivity index (χ1n) is 9.57. The molecule has 158 valence electrons. The van der Waals surface area contributed by atoms with Gasteiger partial charge in [-0.3, -0.25) is 4.79 Å². The third kappa shape index (κ3) is 6.07. The predicted octanol–water partition coefficient (Wildman–Crippen LogP) is 4.85. The number of halogens is 2. The number of carbonyl (C=O) groups is 1. The number of ether oxygens (including phenoxy) is 2. The largest absolute Gasteiger partial charge is 0.493 e. The van der Waals surface area contributed by atoms with E-state index in [1.54, 1.807) is 12.1 Å². The van der Waals surface area contributed by atoms with Gasteiger partial charge in [-0.05, 0) is 36.2 Å². The summed E-state index contributed by atoms with van der Waals surface area (Å²) in [4.78, 5) is 12.1. The van der Waals surface area contributed by atoms with Crippen LogP contribution in [0.2, 0.25) is 0 Å². The number of rotatable bonds is 10. The minimum Gasteiger partial charge on any atom is -0.493 e. The van der Waals surface area contributed by atoms with Crippen LogP contribution in [-0.2, 0) is 17.6 Å². The van der Waals surface area contributed by atoms with Crippen molar-refractivity contribution in [2.24, 2.45) is 0 Å². The Balaban J connectivity index is 1.45. The molecule has 1 amide bonds. The molecule has 0 spiro atoms. The van der Waals surface area contributed by atoms with E-state index in [0.717, 1.165) is 22.6 Å². The van der Waals surface area contributed by atoms with Crippen molar-refractivity contribution in [1.82, 2.24) is 5.32 Å². The highest BCUT2D eigenvalue weighted by atomic mass is 19.3. The molecule has 0 aliphatic rings. The summed E-state index contributed by atoms with van der Waals surface area (Å²) in [5, 5.41) is 2.83. The number of alkyl halides is 2. The Labute approximate surface area is 173 Å². The van der Waals surface area contributed by atoms with Gasteiger partial charge in [0.05, 0.1) is 7.11 Å². The quantitative estimate of drug-likeness (QED) is 0.514. The summed E-state index contributed by atoms with van der Waals surface area (Å²) < 4.78 is 40.3. The van der Waals surface area contributed by atoms with Crippen LogP contribution >= 0.6 is 0 Å². The van der Waals surface area contributed by atoms with Gasteiger partial charge in [-0.2, -0.15) is 8.78 Å². The number of aryl methyl sites for hydroxylation is 1. The number of methoxy groups -OCH3 is 1. The smallest absolute Gasteiger partial charge is 0.387 e. The highest BCUT2D eigenvalue weighted by Crippen LogP contribution is 2.29. The van der Waals surface area contributed by atoms with Gasteiger partial charge in [-0.15, -0.1) is 0 Å².